The van der Waals surface area contributed by atoms with Crippen LogP contribution in [0.4, 0.5) is 0 Å². The van der Waals surface area contributed by atoms with E-state index in [1.165, 1.54) is 12.8 Å². The van der Waals surface area contributed by atoms with E-state index in [4.69, 9.17) is 0 Å². The molecule has 1 saturated carbocycles. The first-order valence-corrected chi connectivity index (χ1v) is 6.06. The first kappa shape index (κ1) is 10.1. The summed E-state index contributed by atoms with van der Waals surface area (Å²) in [5, 5.41) is 13.3. The predicted octanol–water partition coefficient (Wildman–Crippen LogP) is 2.55. The summed E-state index contributed by atoms with van der Waals surface area (Å²) in [5.74, 6) is 0.769. The standard InChI is InChI=1S/C11H17NOS/c1-8-7-14-10(12-8)6-11(2,13)5-9-3-4-9/h7,9,13H,3-6H2,1-2H3. The van der Waals surface area contributed by atoms with Crippen LogP contribution in [0.3, 0.4) is 0 Å². The van der Waals surface area contributed by atoms with E-state index < -0.39 is 5.60 Å². The first-order valence-electron chi connectivity index (χ1n) is 5.18. The molecule has 1 fully saturated rings. The lowest BCUT2D eigenvalue weighted by atomic mass is 9.96. The van der Waals surface area contributed by atoms with E-state index in [-0.39, 0.29) is 0 Å². The minimum atomic E-state index is -0.550. The Hall–Kier alpha value is -0.410. The van der Waals surface area contributed by atoms with E-state index in [1.54, 1.807) is 11.3 Å². The van der Waals surface area contributed by atoms with Crippen molar-refractivity contribution in [3.8, 4) is 0 Å². The molecule has 1 N–H and O–H groups in total. The van der Waals surface area contributed by atoms with Crippen molar-refractivity contribution in [2.45, 2.75) is 45.1 Å². The fourth-order valence-corrected chi connectivity index (χ4v) is 2.78. The maximum atomic E-state index is 10.2. The molecular weight excluding hydrogens is 194 g/mol. The van der Waals surface area contributed by atoms with E-state index in [0.717, 1.165) is 23.0 Å². The summed E-state index contributed by atoms with van der Waals surface area (Å²) in [6.07, 6.45) is 4.24. The quantitative estimate of drug-likeness (QED) is 0.830. The summed E-state index contributed by atoms with van der Waals surface area (Å²) in [6, 6.07) is 0. The Labute approximate surface area is 89.0 Å². The molecule has 2 rings (SSSR count). The van der Waals surface area contributed by atoms with Gasteiger partial charge in [0.1, 0.15) is 0 Å². The molecule has 78 valence electrons. The zero-order valence-corrected chi connectivity index (χ0v) is 9.60. The molecule has 1 aliphatic carbocycles. The molecule has 1 unspecified atom stereocenters. The number of aromatic nitrogens is 1. The van der Waals surface area contributed by atoms with Crippen LogP contribution < -0.4 is 0 Å². The summed E-state index contributed by atoms with van der Waals surface area (Å²) < 4.78 is 0. The van der Waals surface area contributed by atoms with Crippen molar-refractivity contribution in [1.82, 2.24) is 4.98 Å². The second-order valence-electron chi connectivity index (χ2n) is 4.70. The fourth-order valence-electron chi connectivity index (χ4n) is 1.83. The van der Waals surface area contributed by atoms with Gasteiger partial charge in [-0.3, -0.25) is 0 Å². The Morgan fingerprint density at radius 2 is 2.36 bits per heavy atom. The number of rotatable bonds is 4. The van der Waals surface area contributed by atoms with Crippen molar-refractivity contribution >= 4 is 11.3 Å². The van der Waals surface area contributed by atoms with Crippen LogP contribution in [0.25, 0.3) is 0 Å². The van der Waals surface area contributed by atoms with Gasteiger partial charge in [-0.05, 0) is 26.2 Å². The minimum Gasteiger partial charge on any atom is -0.390 e. The topological polar surface area (TPSA) is 33.1 Å². The van der Waals surface area contributed by atoms with Crippen molar-refractivity contribution < 1.29 is 5.11 Å². The van der Waals surface area contributed by atoms with E-state index >= 15 is 0 Å². The summed E-state index contributed by atoms with van der Waals surface area (Å²) in [4.78, 5) is 4.38. The average molecular weight is 211 g/mol. The first-order chi connectivity index (χ1) is 6.55. The smallest absolute Gasteiger partial charge is 0.0956 e. The Morgan fingerprint density at radius 1 is 1.64 bits per heavy atom. The largest absolute Gasteiger partial charge is 0.390 e. The van der Waals surface area contributed by atoms with Crippen LogP contribution in [0.15, 0.2) is 5.38 Å². The normalized spacial score (nSPS) is 20.8. The lowest BCUT2D eigenvalue weighted by molar-refractivity contribution is 0.0454. The molecule has 0 spiro atoms. The number of hydrogen-bond donors (Lipinski definition) is 1. The summed E-state index contributed by atoms with van der Waals surface area (Å²) in [7, 11) is 0. The highest BCUT2D eigenvalue weighted by atomic mass is 32.1. The Bertz CT molecular complexity index is 315. The summed E-state index contributed by atoms with van der Waals surface area (Å²) in [5.41, 5.74) is 0.512. The Morgan fingerprint density at radius 3 is 2.86 bits per heavy atom. The molecule has 1 heterocycles. The number of nitrogens with zero attached hydrogens (tertiary/aromatic N) is 1. The molecule has 0 bridgehead atoms. The van der Waals surface area contributed by atoms with Crippen molar-refractivity contribution in [3.05, 3.63) is 16.1 Å². The molecule has 0 amide bonds. The highest BCUT2D eigenvalue weighted by molar-refractivity contribution is 7.09. The van der Waals surface area contributed by atoms with Crippen molar-refractivity contribution in [1.29, 1.82) is 0 Å². The molecule has 14 heavy (non-hydrogen) atoms. The molecule has 1 aromatic rings. The summed E-state index contributed by atoms with van der Waals surface area (Å²) >= 11 is 1.65. The van der Waals surface area contributed by atoms with Crippen LogP contribution in [-0.4, -0.2) is 15.7 Å². The highest BCUT2D eigenvalue weighted by Crippen LogP contribution is 2.37. The van der Waals surface area contributed by atoms with Crippen molar-refractivity contribution in [3.63, 3.8) is 0 Å². The Kier molecular flexibility index (Phi) is 2.62. The third-order valence-corrected chi connectivity index (χ3v) is 3.59. The van der Waals surface area contributed by atoms with Gasteiger partial charge < -0.3 is 5.11 Å². The van der Waals surface area contributed by atoms with Crippen LogP contribution in [-0.2, 0) is 6.42 Å². The van der Waals surface area contributed by atoms with Gasteiger partial charge in [0.2, 0.25) is 0 Å². The van der Waals surface area contributed by atoms with Crippen LogP contribution in [0.1, 0.15) is 36.9 Å². The molecule has 2 nitrogen and oxygen atoms in total. The van der Waals surface area contributed by atoms with E-state index in [2.05, 4.69) is 4.98 Å². The molecule has 1 aromatic heterocycles. The van der Waals surface area contributed by atoms with E-state index in [1.807, 2.05) is 19.2 Å². The van der Waals surface area contributed by atoms with Gasteiger partial charge in [0.25, 0.3) is 0 Å². The lowest BCUT2D eigenvalue weighted by Crippen LogP contribution is -2.27. The van der Waals surface area contributed by atoms with Crippen LogP contribution >= 0.6 is 11.3 Å². The predicted molar refractivity (Wildman–Crippen MR) is 58.5 cm³/mol. The van der Waals surface area contributed by atoms with Crippen molar-refractivity contribution in [2.24, 2.45) is 5.92 Å². The maximum Gasteiger partial charge on any atom is 0.0956 e. The monoisotopic (exact) mass is 211 g/mol. The van der Waals surface area contributed by atoms with E-state index in [9.17, 15) is 5.11 Å². The zero-order chi connectivity index (χ0) is 10.2. The summed E-state index contributed by atoms with van der Waals surface area (Å²) in [6.45, 7) is 3.93. The third kappa shape index (κ3) is 2.79. The third-order valence-electron chi connectivity index (χ3n) is 2.62. The van der Waals surface area contributed by atoms with Crippen LogP contribution in [0, 0.1) is 12.8 Å². The number of thiazole rings is 1. The van der Waals surface area contributed by atoms with Gasteiger partial charge in [0, 0.05) is 17.5 Å². The van der Waals surface area contributed by atoms with Gasteiger partial charge in [-0.2, -0.15) is 0 Å². The van der Waals surface area contributed by atoms with Gasteiger partial charge in [-0.15, -0.1) is 11.3 Å². The molecular formula is C11H17NOS. The van der Waals surface area contributed by atoms with E-state index in [0.29, 0.717) is 6.42 Å². The second-order valence-corrected chi connectivity index (χ2v) is 5.65. The van der Waals surface area contributed by atoms with Gasteiger partial charge in [0.05, 0.1) is 10.6 Å². The SMILES string of the molecule is Cc1csc(CC(C)(O)CC2CC2)n1. The average Bonchev–Trinajstić information content (AvgIpc) is 2.74. The molecule has 1 atom stereocenters. The minimum absolute atomic E-state index is 0.550. The molecule has 0 saturated heterocycles. The maximum absolute atomic E-state index is 10.2. The molecule has 0 aromatic carbocycles. The number of hydrogen-bond acceptors (Lipinski definition) is 3. The van der Waals surface area contributed by atoms with Crippen LogP contribution in [0.5, 0.6) is 0 Å². The van der Waals surface area contributed by atoms with Gasteiger partial charge in [-0.1, -0.05) is 12.8 Å². The zero-order valence-electron chi connectivity index (χ0n) is 8.79. The second kappa shape index (κ2) is 3.63. The van der Waals surface area contributed by atoms with Crippen LogP contribution in [0.2, 0.25) is 0 Å². The van der Waals surface area contributed by atoms with Gasteiger partial charge >= 0.3 is 0 Å². The fraction of sp³-hybridized carbons (Fsp3) is 0.727. The molecule has 0 radical (unpaired) electrons. The molecule has 3 heteroatoms. The number of aryl methyl sites for hydroxylation is 1. The lowest BCUT2D eigenvalue weighted by Gasteiger charge is -2.21. The van der Waals surface area contributed by atoms with Crippen molar-refractivity contribution in [2.75, 3.05) is 0 Å². The van der Waals surface area contributed by atoms with Gasteiger partial charge in [0.15, 0.2) is 0 Å². The Balaban J connectivity index is 1.94. The number of aliphatic hydroxyl groups is 1. The highest BCUT2D eigenvalue weighted by Gasteiger charge is 2.32. The molecule has 0 aliphatic heterocycles. The van der Waals surface area contributed by atoms with Gasteiger partial charge in [-0.25, -0.2) is 4.98 Å². The molecule has 1 aliphatic rings.